The molecule has 3 nitrogen and oxygen atoms in total. The number of pyridine rings is 1. The highest BCUT2D eigenvalue weighted by Gasteiger charge is 2.27. The van der Waals surface area contributed by atoms with E-state index in [1.807, 2.05) is 12.3 Å². The van der Waals surface area contributed by atoms with Crippen molar-refractivity contribution in [2.24, 2.45) is 0 Å². The second-order valence-corrected chi connectivity index (χ2v) is 10.6. The van der Waals surface area contributed by atoms with Gasteiger partial charge >= 0.3 is 0 Å². The van der Waals surface area contributed by atoms with Crippen LogP contribution in [-0.4, -0.2) is 22.6 Å². The molecule has 0 fully saturated rings. The molecule has 2 aromatic rings. The SMILES string of the molecule is C[Si](C)(C)c1cnc2n1CCc1ncccc1-2. The van der Waals surface area contributed by atoms with Crippen molar-refractivity contribution in [3.8, 4) is 11.4 Å². The zero-order valence-corrected chi connectivity index (χ0v) is 11.6. The van der Waals surface area contributed by atoms with Crippen LogP contribution in [0.15, 0.2) is 24.5 Å². The van der Waals surface area contributed by atoms with E-state index < -0.39 is 8.07 Å². The fourth-order valence-electron chi connectivity index (χ4n) is 2.47. The van der Waals surface area contributed by atoms with E-state index in [-0.39, 0.29) is 0 Å². The molecule has 88 valence electrons. The molecule has 4 heteroatoms. The quantitative estimate of drug-likeness (QED) is 0.718. The fraction of sp³-hybridized carbons (Fsp3) is 0.385. The molecule has 0 N–H and O–H groups in total. The van der Waals surface area contributed by atoms with Gasteiger partial charge in [-0.25, -0.2) is 4.98 Å². The first kappa shape index (κ1) is 10.7. The van der Waals surface area contributed by atoms with Crippen LogP contribution in [0.1, 0.15) is 5.69 Å². The summed E-state index contributed by atoms with van der Waals surface area (Å²) in [6.07, 6.45) is 4.97. The molecule has 0 atom stereocenters. The van der Waals surface area contributed by atoms with Crippen LogP contribution in [0.5, 0.6) is 0 Å². The van der Waals surface area contributed by atoms with Crippen LogP contribution >= 0.6 is 0 Å². The monoisotopic (exact) mass is 243 g/mol. The van der Waals surface area contributed by atoms with Crippen molar-refractivity contribution in [2.45, 2.75) is 32.6 Å². The number of aryl methyl sites for hydroxylation is 1. The van der Waals surface area contributed by atoms with Gasteiger partial charge in [0.2, 0.25) is 0 Å². The molecule has 3 rings (SSSR count). The summed E-state index contributed by atoms with van der Waals surface area (Å²) < 4.78 is 2.40. The summed E-state index contributed by atoms with van der Waals surface area (Å²) >= 11 is 0. The zero-order chi connectivity index (χ0) is 12.0. The Bertz CT molecular complexity index is 566. The van der Waals surface area contributed by atoms with E-state index in [4.69, 9.17) is 0 Å². The number of imidazole rings is 1. The smallest absolute Gasteiger partial charge is 0.141 e. The minimum absolute atomic E-state index is 1.02. The van der Waals surface area contributed by atoms with Gasteiger partial charge in [0.05, 0.1) is 5.69 Å². The van der Waals surface area contributed by atoms with Gasteiger partial charge in [-0.3, -0.25) is 4.98 Å². The summed E-state index contributed by atoms with van der Waals surface area (Å²) in [4.78, 5) is 9.07. The first-order chi connectivity index (χ1) is 8.07. The van der Waals surface area contributed by atoms with Crippen molar-refractivity contribution in [3.05, 3.63) is 30.2 Å². The van der Waals surface area contributed by atoms with E-state index in [1.165, 1.54) is 16.6 Å². The van der Waals surface area contributed by atoms with E-state index in [0.717, 1.165) is 18.8 Å². The molecular weight excluding hydrogens is 226 g/mol. The molecule has 1 aliphatic heterocycles. The largest absolute Gasteiger partial charge is 0.332 e. The van der Waals surface area contributed by atoms with Crippen LogP contribution in [0.2, 0.25) is 19.6 Å². The van der Waals surface area contributed by atoms with E-state index in [0.29, 0.717) is 0 Å². The number of hydrogen-bond donors (Lipinski definition) is 0. The van der Waals surface area contributed by atoms with E-state index >= 15 is 0 Å². The molecule has 2 aromatic heterocycles. The maximum absolute atomic E-state index is 4.62. The highest BCUT2D eigenvalue weighted by molar-refractivity contribution is 6.88. The summed E-state index contributed by atoms with van der Waals surface area (Å²) in [5, 5.41) is 1.45. The number of rotatable bonds is 1. The van der Waals surface area contributed by atoms with E-state index in [9.17, 15) is 0 Å². The molecule has 0 spiro atoms. The maximum Gasteiger partial charge on any atom is 0.141 e. The second kappa shape index (κ2) is 3.53. The third kappa shape index (κ3) is 1.63. The first-order valence-corrected chi connectivity index (χ1v) is 9.57. The predicted molar refractivity (Wildman–Crippen MR) is 72.1 cm³/mol. The lowest BCUT2D eigenvalue weighted by Crippen LogP contribution is -2.43. The predicted octanol–water partition coefficient (Wildman–Crippen LogP) is 2.05. The Morgan fingerprint density at radius 2 is 2.06 bits per heavy atom. The van der Waals surface area contributed by atoms with Gasteiger partial charge in [-0.1, -0.05) is 19.6 Å². The van der Waals surface area contributed by atoms with Crippen LogP contribution in [0.4, 0.5) is 0 Å². The molecule has 0 amide bonds. The molecular formula is C13H17N3Si. The van der Waals surface area contributed by atoms with Gasteiger partial charge in [0.25, 0.3) is 0 Å². The molecule has 0 saturated carbocycles. The fourth-order valence-corrected chi connectivity index (χ4v) is 3.95. The first-order valence-electron chi connectivity index (χ1n) is 6.07. The maximum atomic E-state index is 4.62. The molecule has 0 bridgehead atoms. The number of aromatic nitrogens is 3. The highest BCUT2D eigenvalue weighted by atomic mass is 28.3. The molecule has 0 aliphatic carbocycles. The topological polar surface area (TPSA) is 30.7 Å². The Morgan fingerprint density at radius 1 is 1.24 bits per heavy atom. The molecule has 0 aromatic carbocycles. The Kier molecular flexibility index (Phi) is 2.23. The van der Waals surface area contributed by atoms with Gasteiger partial charge < -0.3 is 4.57 Å². The standard InChI is InChI=1S/C13H17N3Si/c1-17(2,3)12-9-15-13-10-5-4-7-14-11(10)6-8-16(12)13/h4-5,7,9H,6,8H2,1-3H3. The summed E-state index contributed by atoms with van der Waals surface area (Å²) in [6.45, 7) is 8.14. The molecule has 1 aliphatic rings. The van der Waals surface area contributed by atoms with Gasteiger partial charge in [-0.2, -0.15) is 0 Å². The average Bonchev–Trinajstić information content (AvgIpc) is 2.72. The lowest BCUT2D eigenvalue weighted by molar-refractivity contribution is 0.681. The van der Waals surface area contributed by atoms with Gasteiger partial charge in [0.1, 0.15) is 13.9 Å². The Balaban J connectivity index is 2.20. The minimum Gasteiger partial charge on any atom is -0.332 e. The lowest BCUT2D eigenvalue weighted by atomic mass is 10.1. The van der Waals surface area contributed by atoms with Gasteiger partial charge in [-0.15, -0.1) is 0 Å². The van der Waals surface area contributed by atoms with Gasteiger partial charge in [0, 0.05) is 36.2 Å². The Hall–Kier alpha value is -1.42. The number of nitrogens with zero attached hydrogens (tertiary/aromatic N) is 3. The van der Waals surface area contributed by atoms with E-state index in [1.54, 1.807) is 0 Å². The molecule has 0 unspecified atom stereocenters. The molecule has 0 saturated heterocycles. The van der Waals surface area contributed by atoms with E-state index in [2.05, 4.69) is 46.4 Å². The molecule has 17 heavy (non-hydrogen) atoms. The van der Waals surface area contributed by atoms with Crippen LogP contribution < -0.4 is 5.32 Å². The number of hydrogen-bond acceptors (Lipinski definition) is 2. The van der Waals surface area contributed by atoms with Crippen molar-refractivity contribution >= 4 is 13.4 Å². The minimum atomic E-state index is -1.30. The third-order valence-corrected chi connectivity index (χ3v) is 5.26. The normalized spacial score (nSPS) is 14.3. The van der Waals surface area contributed by atoms with Crippen molar-refractivity contribution < 1.29 is 0 Å². The van der Waals surface area contributed by atoms with Crippen molar-refractivity contribution in [1.29, 1.82) is 0 Å². The highest BCUT2D eigenvalue weighted by Crippen LogP contribution is 2.26. The summed E-state index contributed by atoms with van der Waals surface area (Å²) in [5.74, 6) is 1.11. The van der Waals surface area contributed by atoms with Gasteiger partial charge in [0.15, 0.2) is 0 Å². The van der Waals surface area contributed by atoms with Crippen LogP contribution in [0.3, 0.4) is 0 Å². The summed E-state index contributed by atoms with van der Waals surface area (Å²) in [7, 11) is -1.30. The summed E-state index contributed by atoms with van der Waals surface area (Å²) in [6, 6.07) is 4.13. The van der Waals surface area contributed by atoms with Gasteiger partial charge in [-0.05, 0) is 12.1 Å². The molecule has 3 heterocycles. The third-order valence-electron chi connectivity index (χ3n) is 3.33. The Labute approximate surface area is 103 Å². The van der Waals surface area contributed by atoms with Crippen molar-refractivity contribution in [3.63, 3.8) is 0 Å². The second-order valence-electron chi connectivity index (χ2n) is 5.62. The van der Waals surface area contributed by atoms with Crippen LogP contribution in [0.25, 0.3) is 11.4 Å². The average molecular weight is 243 g/mol. The van der Waals surface area contributed by atoms with Crippen molar-refractivity contribution in [2.75, 3.05) is 0 Å². The summed E-state index contributed by atoms with van der Waals surface area (Å²) in [5.41, 5.74) is 2.40. The lowest BCUT2D eigenvalue weighted by Gasteiger charge is -2.23. The zero-order valence-electron chi connectivity index (χ0n) is 10.6. The van der Waals surface area contributed by atoms with Crippen LogP contribution in [-0.2, 0) is 13.0 Å². The number of fused-ring (bicyclic) bond motifs is 3. The molecule has 0 radical (unpaired) electrons. The van der Waals surface area contributed by atoms with Crippen molar-refractivity contribution in [1.82, 2.24) is 14.5 Å². The van der Waals surface area contributed by atoms with Crippen LogP contribution in [0, 0.1) is 0 Å². The Morgan fingerprint density at radius 3 is 2.82 bits per heavy atom.